The van der Waals surface area contributed by atoms with E-state index in [1.807, 2.05) is 38.1 Å². The first-order valence-corrected chi connectivity index (χ1v) is 8.21. The van der Waals surface area contributed by atoms with Gasteiger partial charge < -0.3 is 19.7 Å². The summed E-state index contributed by atoms with van der Waals surface area (Å²) < 4.78 is 10.7. The molecule has 1 N–H and O–H groups in total. The Hall–Kier alpha value is -2.24. The third-order valence-electron chi connectivity index (χ3n) is 3.45. The smallest absolute Gasteiger partial charge is 0.221 e. The van der Waals surface area contributed by atoms with Crippen molar-refractivity contribution in [3.8, 4) is 11.5 Å². The Balaban J connectivity index is 2.34. The van der Waals surface area contributed by atoms with Crippen LogP contribution in [-0.4, -0.2) is 50.1 Å². The molecule has 0 radical (unpaired) electrons. The fourth-order valence-corrected chi connectivity index (χ4v) is 2.02. The van der Waals surface area contributed by atoms with E-state index in [2.05, 4.69) is 5.32 Å². The van der Waals surface area contributed by atoms with E-state index in [-0.39, 0.29) is 11.8 Å². The predicted molar refractivity (Wildman–Crippen MR) is 93.2 cm³/mol. The van der Waals surface area contributed by atoms with E-state index in [0.717, 1.165) is 5.75 Å². The van der Waals surface area contributed by atoms with Gasteiger partial charge in [-0.3, -0.25) is 9.59 Å². The first-order chi connectivity index (χ1) is 11.4. The molecule has 1 aromatic carbocycles. The van der Waals surface area contributed by atoms with E-state index in [1.54, 1.807) is 12.0 Å². The van der Waals surface area contributed by atoms with Crippen LogP contribution in [-0.2, 0) is 9.59 Å². The zero-order valence-electron chi connectivity index (χ0n) is 15.0. The van der Waals surface area contributed by atoms with Crippen LogP contribution in [0.25, 0.3) is 0 Å². The highest BCUT2D eigenvalue weighted by atomic mass is 16.5. The summed E-state index contributed by atoms with van der Waals surface area (Å²) in [6.07, 6.45) is 0.300. The molecular weight excluding hydrogens is 308 g/mol. The summed E-state index contributed by atoms with van der Waals surface area (Å²) in [5.74, 6) is 1.79. The van der Waals surface area contributed by atoms with Crippen molar-refractivity contribution in [2.24, 2.45) is 5.92 Å². The van der Waals surface area contributed by atoms with Crippen molar-refractivity contribution >= 4 is 11.8 Å². The molecule has 0 aliphatic carbocycles. The Labute approximate surface area is 144 Å². The van der Waals surface area contributed by atoms with Gasteiger partial charge in [-0.05, 0) is 30.2 Å². The number of nitrogens with zero attached hydrogens (tertiary/aromatic N) is 1. The molecule has 6 nitrogen and oxygen atoms in total. The van der Waals surface area contributed by atoms with Crippen molar-refractivity contribution in [2.45, 2.75) is 27.2 Å². The molecule has 134 valence electrons. The van der Waals surface area contributed by atoms with Crippen molar-refractivity contribution in [2.75, 3.05) is 33.4 Å². The predicted octanol–water partition coefficient (Wildman–Crippen LogP) is 2.08. The van der Waals surface area contributed by atoms with Crippen LogP contribution in [0, 0.1) is 5.92 Å². The molecule has 0 aliphatic rings. The van der Waals surface area contributed by atoms with Crippen LogP contribution in [0.2, 0.25) is 0 Å². The second kappa shape index (κ2) is 10.5. The topological polar surface area (TPSA) is 67.9 Å². The SMILES string of the molecule is COc1ccc(OCCN(CCC(=O)NCC(C)C)C(C)=O)cc1. The summed E-state index contributed by atoms with van der Waals surface area (Å²) in [7, 11) is 1.61. The lowest BCUT2D eigenvalue weighted by molar-refractivity contribution is -0.130. The molecule has 1 aromatic rings. The average molecular weight is 336 g/mol. The zero-order chi connectivity index (χ0) is 17.9. The van der Waals surface area contributed by atoms with Gasteiger partial charge in [0, 0.05) is 26.4 Å². The Morgan fingerprint density at radius 3 is 2.29 bits per heavy atom. The fraction of sp³-hybridized carbons (Fsp3) is 0.556. The first kappa shape index (κ1) is 19.8. The van der Waals surface area contributed by atoms with Crippen LogP contribution in [0.15, 0.2) is 24.3 Å². The Bertz CT molecular complexity index is 514. The summed E-state index contributed by atoms with van der Waals surface area (Å²) in [5.41, 5.74) is 0. The molecule has 0 fully saturated rings. The molecule has 1 rings (SSSR count). The molecule has 0 atom stereocenters. The second-order valence-corrected chi connectivity index (χ2v) is 5.98. The van der Waals surface area contributed by atoms with E-state index < -0.39 is 0 Å². The lowest BCUT2D eigenvalue weighted by atomic mass is 10.2. The van der Waals surface area contributed by atoms with Gasteiger partial charge in [0.1, 0.15) is 18.1 Å². The maximum atomic E-state index is 11.7. The molecule has 2 amide bonds. The van der Waals surface area contributed by atoms with Gasteiger partial charge in [0.2, 0.25) is 11.8 Å². The number of amides is 2. The van der Waals surface area contributed by atoms with Crippen LogP contribution in [0.5, 0.6) is 11.5 Å². The van der Waals surface area contributed by atoms with Crippen LogP contribution >= 0.6 is 0 Å². The molecule has 0 saturated heterocycles. The Morgan fingerprint density at radius 2 is 1.75 bits per heavy atom. The number of methoxy groups -OCH3 is 1. The fourth-order valence-electron chi connectivity index (χ4n) is 2.02. The van der Waals surface area contributed by atoms with Gasteiger partial charge in [-0.2, -0.15) is 0 Å². The molecular formula is C18H28N2O4. The molecule has 0 heterocycles. The molecule has 0 unspecified atom stereocenters. The minimum Gasteiger partial charge on any atom is -0.497 e. The van der Waals surface area contributed by atoms with Crippen molar-refractivity contribution < 1.29 is 19.1 Å². The largest absolute Gasteiger partial charge is 0.497 e. The van der Waals surface area contributed by atoms with E-state index in [4.69, 9.17) is 9.47 Å². The molecule has 24 heavy (non-hydrogen) atoms. The van der Waals surface area contributed by atoms with Gasteiger partial charge in [0.05, 0.1) is 13.7 Å². The van der Waals surface area contributed by atoms with Crippen LogP contribution in [0.1, 0.15) is 27.2 Å². The summed E-state index contributed by atoms with van der Waals surface area (Å²) in [6, 6.07) is 7.26. The van der Waals surface area contributed by atoms with Crippen molar-refractivity contribution in [3.63, 3.8) is 0 Å². The molecule has 0 saturated carbocycles. The lowest BCUT2D eigenvalue weighted by Crippen LogP contribution is -2.37. The maximum Gasteiger partial charge on any atom is 0.221 e. The summed E-state index contributed by atoms with van der Waals surface area (Å²) >= 11 is 0. The quantitative estimate of drug-likeness (QED) is 0.710. The highest BCUT2D eigenvalue weighted by Crippen LogP contribution is 2.16. The highest BCUT2D eigenvalue weighted by molar-refractivity contribution is 5.78. The number of carbonyl (C=O) groups is 2. The molecule has 6 heteroatoms. The third kappa shape index (κ3) is 7.85. The molecule has 0 aliphatic heterocycles. The number of hydrogen-bond donors (Lipinski definition) is 1. The summed E-state index contributed by atoms with van der Waals surface area (Å²) in [4.78, 5) is 25.0. The van der Waals surface area contributed by atoms with E-state index in [0.29, 0.717) is 44.3 Å². The normalized spacial score (nSPS) is 10.4. The van der Waals surface area contributed by atoms with Gasteiger partial charge >= 0.3 is 0 Å². The number of benzene rings is 1. The number of hydrogen-bond acceptors (Lipinski definition) is 4. The van der Waals surface area contributed by atoms with Crippen molar-refractivity contribution in [1.29, 1.82) is 0 Å². The third-order valence-corrected chi connectivity index (χ3v) is 3.45. The van der Waals surface area contributed by atoms with Crippen LogP contribution < -0.4 is 14.8 Å². The monoisotopic (exact) mass is 336 g/mol. The van der Waals surface area contributed by atoms with Crippen LogP contribution in [0.4, 0.5) is 0 Å². The number of carbonyl (C=O) groups excluding carboxylic acids is 2. The first-order valence-electron chi connectivity index (χ1n) is 8.21. The van der Waals surface area contributed by atoms with Gasteiger partial charge in [-0.1, -0.05) is 13.8 Å². The lowest BCUT2D eigenvalue weighted by Gasteiger charge is -2.21. The standard InChI is InChI=1S/C18H28N2O4/c1-14(2)13-19-18(22)9-10-20(15(3)21)11-12-24-17-7-5-16(23-4)6-8-17/h5-8,14H,9-13H2,1-4H3,(H,19,22). The van der Waals surface area contributed by atoms with Gasteiger partial charge in [0.25, 0.3) is 0 Å². The minimum atomic E-state index is -0.0648. The second-order valence-electron chi connectivity index (χ2n) is 5.98. The van der Waals surface area contributed by atoms with E-state index in [1.165, 1.54) is 6.92 Å². The maximum absolute atomic E-state index is 11.7. The Morgan fingerprint density at radius 1 is 1.12 bits per heavy atom. The zero-order valence-corrected chi connectivity index (χ0v) is 15.0. The number of nitrogens with one attached hydrogen (secondary N) is 1. The van der Waals surface area contributed by atoms with E-state index >= 15 is 0 Å². The van der Waals surface area contributed by atoms with E-state index in [9.17, 15) is 9.59 Å². The highest BCUT2D eigenvalue weighted by Gasteiger charge is 2.11. The summed E-state index contributed by atoms with van der Waals surface area (Å²) in [5, 5.41) is 2.85. The number of rotatable bonds is 10. The minimum absolute atomic E-state index is 0.0361. The molecule has 0 bridgehead atoms. The Kier molecular flexibility index (Phi) is 8.68. The van der Waals surface area contributed by atoms with Gasteiger partial charge in [-0.25, -0.2) is 0 Å². The molecule has 0 aromatic heterocycles. The van der Waals surface area contributed by atoms with Crippen molar-refractivity contribution in [1.82, 2.24) is 10.2 Å². The number of ether oxygens (including phenoxy) is 2. The van der Waals surface area contributed by atoms with Crippen molar-refractivity contribution in [3.05, 3.63) is 24.3 Å². The average Bonchev–Trinajstić information content (AvgIpc) is 2.56. The molecule has 0 spiro atoms. The van der Waals surface area contributed by atoms with Crippen LogP contribution in [0.3, 0.4) is 0 Å². The van der Waals surface area contributed by atoms with Gasteiger partial charge in [0.15, 0.2) is 0 Å². The van der Waals surface area contributed by atoms with Gasteiger partial charge in [-0.15, -0.1) is 0 Å². The summed E-state index contributed by atoms with van der Waals surface area (Å²) in [6.45, 7) is 7.44.